The van der Waals surface area contributed by atoms with Crippen molar-refractivity contribution >= 4 is 36.7 Å². The molecule has 0 aliphatic rings. The van der Waals surface area contributed by atoms with E-state index in [1.165, 1.54) is 15.9 Å². The Morgan fingerprint density at radius 2 is 0.700 bits per heavy atom. The summed E-state index contributed by atoms with van der Waals surface area (Å²) in [6, 6.07) is 32.4. The van der Waals surface area contributed by atoms with Crippen LogP contribution in [0.15, 0.2) is 91.0 Å². The van der Waals surface area contributed by atoms with Crippen LogP contribution in [0.3, 0.4) is 0 Å². The molecule has 3 aromatic rings. The topological polar surface area (TPSA) is 0 Å². The molecule has 0 unspecified atom stereocenters. The van der Waals surface area contributed by atoms with E-state index in [1.807, 2.05) is 0 Å². The normalized spacial score (nSPS) is 11.2. The average molecular weight is 289 g/mol. The zero-order valence-corrected chi connectivity index (χ0v) is 13.2. The Balaban J connectivity index is 2.27. The maximum absolute atomic E-state index is 3.17. The Morgan fingerprint density at radius 3 is 0.950 bits per heavy atom. The van der Waals surface area contributed by atoms with Gasteiger partial charge >= 0.3 is 128 Å². The van der Waals surface area contributed by atoms with E-state index in [-0.39, 0.29) is 0 Å². The summed E-state index contributed by atoms with van der Waals surface area (Å²) in [4.78, 5) is 0. The van der Waals surface area contributed by atoms with Crippen LogP contribution in [0.2, 0.25) is 0 Å². The zero-order chi connectivity index (χ0) is 13.8. The van der Waals surface area contributed by atoms with E-state index in [9.17, 15) is 0 Å². The minimum absolute atomic E-state index is 1.39. The molecule has 0 saturated heterocycles. The molecular weight excluding hydrogens is 274 g/mol. The van der Waals surface area contributed by atoms with Crippen LogP contribution in [0, 0.1) is 0 Å². The van der Waals surface area contributed by atoms with Gasteiger partial charge in [-0.25, -0.2) is 0 Å². The maximum atomic E-state index is 3.17. The van der Waals surface area contributed by atoms with Crippen molar-refractivity contribution < 1.29 is 0 Å². The molecular formula is C18H15AlP. The Labute approximate surface area is 127 Å². The molecule has 20 heavy (non-hydrogen) atoms. The van der Waals surface area contributed by atoms with Crippen LogP contribution in [0.5, 0.6) is 0 Å². The van der Waals surface area contributed by atoms with Crippen LogP contribution in [0.4, 0.5) is 0 Å². The van der Waals surface area contributed by atoms with Crippen molar-refractivity contribution in [2.24, 2.45) is 0 Å². The van der Waals surface area contributed by atoms with Gasteiger partial charge in [0.15, 0.2) is 0 Å². The van der Waals surface area contributed by atoms with Gasteiger partial charge in [-0.15, -0.1) is 0 Å². The van der Waals surface area contributed by atoms with Gasteiger partial charge in [0, 0.05) is 0 Å². The van der Waals surface area contributed by atoms with E-state index < -0.39 is 5.46 Å². The van der Waals surface area contributed by atoms with Gasteiger partial charge in [0.25, 0.3) is 0 Å². The number of benzene rings is 3. The van der Waals surface area contributed by atoms with Crippen molar-refractivity contribution in [3.8, 4) is 0 Å². The van der Waals surface area contributed by atoms with Crippen molar-refractivity contribution in [3.63, 3.8) is 0 Å². The summed E-state index contributed by atoms with van der Waals surface area (Å²) in [5.41, 5.74) is -1.61. The minimum atomic E-state index is -1.61. The second-order valence-corrected chi connectivity index (χ2v) is 10.0. The third-order valence-electron chi connectivity index (χ3n) is 3.49. The zero-order valence-electron chi connectivity index (χ0n) is 11.2. The van der Waals surface area contributed by atoms with Crippen molar-refractivity contribution in [1.29, 1.82) is 0 Å². The van der Waals surface area contributed by atoms with Gasteiger partial charge in [0.05, 0.1) is 0 Å². The fourth-order valence-corrected chi connectivity index (χ4v) is 6.81. The fourth-order valence-electron chi connectivity index (χ4n) is 2.44. The molecule has 0 bridgehead atoms. The molecule has 0 nitrogen and oxygen atoms in total. The van der Waals surface area contributed by atoms with Gasteiger partial charge in [-0.05, 0) is 0 Å². The summed E-state index contributed by atoms with van der Waals surface area (Å²) < 4.78 is 0. The van der Waals surface area contributed by atoms with Gasteiger partial charge in [-0.3, -0.25) is 0 Å². The predicted molar refractivity (Wildman–Crippen MR) is 90.9 cm³/mol. The monoisotopic (exact) mass is 289 g/mol. The SMILES string of the molecule is [Al]=[P](c1ccccc1)(c1ccccc1)c1ccccc1. The van der Waals surface area contributed by atoms with E-state index in [1.54, 1.807) is 0 Å². The summed E-state index contributed by atoms with van der Waals surface area (Å²) >= 11 is 3.17. The number of hydrogen-bond acceptors (Lipinski definition) is 0. The van der Waals surface area contributed by atoms with Crippen LogP contribution in [0.25, 0.3) is 0 Å². The first-order valence-corrected chi connectivity index (χ1v) is 10.1. The molecule has 95 valence electrons. The van der Waals surface area contributed by atoms with Crippen molar-refractivity contribution in [3.05, 3.63) is 91.0 Å². The summed E-state index contributed by atoms with van der Waals surface area (Å²) in [5.74, 6) is 0. The molecule has 0 N–H and O–H groups in total. The summed E-state index contributed by atoms with van der Waals surface area (Å²) in [5, 5.41) is 4.17. The number of rotatable bonds is 3. The first kappa shape index (κ1) is 13.6. The third kappa shape index (κ3) is 2.46. The number of hydrogen-bond donors (Lipinski definition) is 0. The van der Waals surface area contributed by atoms with Gasteiger partial charge in [0.1, 0.15) is 0 Å². The first-order chi connectivity index (χ1) is 9.82. The second kappa shape index (κ2) is 5.94. The predicted octanol–water partition coefficient (Wildman–Crippen LogP) is 3.06. The molecule has 0 aromatic heterocycles. The molecule has 0 aliphatic carbocycles. The summed E-state index contributed by atoms with van der Waals surface area (Å²) in [6.07, 6.45) is 0. The molecule has 0 aliphatic heterocycles. The Morgan fingerprint density at radius 1 is 0.450 bits per heavy atom. The van der Waals surface area contributed by atoms with Crippen LogP contribution >= 0.6 is 5.46 Å². The van der Waals surface area contributed by atoms with Crippen molar-refractivity contribution in [1.82, 2.24) is 0 Å². The van der Waals surface area contributed by atoms with Crippen LogP contribution < -0.4 is 15.9 Å². The standard InChI is InChI=1S/C18H15P.Al/c1-4-10-16(11-5-1)19(17-12-6-2-7-13-17)18-14-8-3-9-15-18;/h1-15H;. The molecule has 2 heteroatoms. The second-order valence-electron chi connectivity index (χ2n) is 4.73. The van der Waals surface area contributed by atoms with Crippen LogP contribution in [-0.4, -0.2) is 15.4 Å². The van der Waals surface area contributed by atoms with Crippen molar-refractivity contribution in [2.75, 3.05) is 0 Å². The van der Waals surface area contributed by atoms with Gasteiger partial charge in [0.2, 0.25) is 0 Å². The quantitative estimate of drug-likeness (QED) is 0.513. The van der Waals surface area contributed by atoms with E-state index in [2.05, 4.69) is 106 Å². The van der Waals surface area contributed by atoms with Gasteiger partial charge < -0.3 is 0 Å². The fraction of sp³-hybridized carbons (Fsp3) is 0. The summed E-state index contributed by atoms with van der Waals surface area (Å²) in [6.45, 7) is 0. The molecule has 0 spiro atoms. The first-order valence-electron chi connectivity index (χ1n) is 6.66. The van der Waals surface area contributed by atoms with Crippen LogP contribution in [0.1, 0.15) is 0 Å². The Hall–Kier alpha value is -1.38. The van der Waals surface area contributed by atoms with Gasteiger partial charge in [-0.1, -0.05) is 0 Å². The molecule has 0 amide bonds. The molecule has 3 rings (SSSR count). The Kier molecular flexibility index (Phi) is 4.04. The molecule has 3 aromatic carbocycles. The van der Waals surface area contributed by atoms with E-state index in [0.29, 0.717) is 0 Å². The van der Waals surface area contributed by atoms with E-state index in [4.69, 9.17) is 0 Å². The third-order valence-corrected chi connectivity index (χ3v) is 9.51. The Bertz CT molecular complexity index is 618. The molecule has 1 radical (unpaired) electrons. The molecule has 0 fully saturated rings. The molecule has 0 atom stereocenters. The van der Waals surface area contributed by atoms with Crippen molar-refractivity contribution in [2.45, 2.75) is 0 Å². The van der Waals surface area contributed by atoms with Gasteiger partial charge in [-0.2, -0.15) is 0 Å². The van der Waals surface area contributed by atoms with E-state index >= 15 is 0 Å². The summed E-state index contributed by atoms with van der Waals surface area (Å²) in [7, 11) is 0. The molecule has 0 heterocycles. The average Bonchev–Trinajstić information content (AvgIpc) is 2.56. The molecule has 0 saturated carbocycles. The van der Waals surface area contributed by atoms with E-state index in [0.717, 1.165) is 0 Å². The van der Waals surface area contributed by atoms with Crippen LogP contribution in [-0.2, 0) is 0 Å².